The number of nitrogens with zero attached hydrogens (tertiary/aromatic N) is 2. The zero-order valence-corrected chi connectivity index (χ0v) is 15.7. The third kappa shape index (κ3) is 4.14. The van der Waals surface area contributed by atoms with Crippen molar-refractivity contribution in [2.45, 2.75) is 25.9 Å². The summed E-state index contributed by atoms with van der Waals surface area (Å²) in [6.45, 7) is 6.02. The fourth-order valence-electron chi connectivity index (χ4n) is 2.88. The first-order valence-corrected chi connectivity index (χ1v) is 9.22. The van der Waals surface area contributed by atoms with E-state index in [4.69, 9.17) is 0 Å². The zero-order valence-electron chi connectivity index (χ0n) is 14.9. The van der Waals surface area contributed by atoms with E-state index in [1.54, 1.807) is 24.5 Å². The van der Waals surface area contributed by atoms with Gasteiger partial charge in [-0.05, 0) is 56.2 Å². The maximum Gasteiger partial charge on any atom is 0.234 e. The van der Waals surface area contributed by atoms with Crippen molar-refractivity contribution in [3.63, 3.8) is 0 Å². The van der Waals surface area contributed by atoms with Crippen LogP contribution in [0.25, 0.3) is 5.69 Å². The van der Waals surface area contributed by atoms with E-state index in [0.29, 0.717) is 5.16 Å². The van der Waals surface area contributed by atoms with E-state index in [1.807, 2.05) is 25.3 Å². The number of carbonyl (C=O) groups is 1. The van der Waals surface area contributed by atoms with Crippen LogP contribution < -0.4 is 5.32 Å². The Morgan fingerprint density at radius 3 is 2.46 bits per heavy atom. The number of benzene rings is 2. The first kappa shape index (κ1) is 18.2. The second-order valence-electron chi connectivity index (χ2n) is 6.17. The Labute approximate surface area is 156 Å². The molecule has 0 aliphatic carbocycles. The van der Waals surface area contributed by atoms with Gasteiger partial charge in [-0.25, -0.2) is 9.37 Å². The SMILES string of the molecule is Cc1cc(C)c(NC(=O)CSc2nccn2-c2ccc(F)cc2)c(C)c1. The van der Waals surface area contributed by atoms with E-state index < -0.39 is 0 Å². The number of rotatable bonds is 5. The summed E-state index contributed by atoms with van der Waals surface area (Å²) in [6.07, 6.45) is 3.46. The van der Waals surface area contributed by atoms with Crippen molar-refractivity contribution in [1.29, 1.82) is 0 Å². The highest BCUT2D eigenvalue weighted by atomic mass is 32.2. The maximum absolute atomic E-state index is 13.1. The molecule has 0 saturated carbocycles. The molecule has 1 aromatic heterocycles. The molecule has 0 aliphatic heterocycles. The van der Waals surface area contributed by atoms with Crippen molar-refractivity contribution in [2.24, 2.45) is 0 Å². The fraction of sp³-hybridized carbons (Fsp3) is 0.200. The van der Waals surface area contributed by atoms with E-state index in [9.17, 15) is 9.18 Å². The van der Waals surface area contributed by atoms with E-state index >= 15 is 0 Å². The predicted octanol–water partition coefficient (Wildman–Crippen LogP) is 4.67. The van der Waals surface area contributed by atoms with Gasteiger partial charge in [-0.3, -0.25) is 9.36 Å². The number of hydrogen-bond acceptors (Lipinski definition) is 3. The summed E-state index contributed by atoms with van der Waals surface area (Å²) in [7, 11) is 0. The molecular formula is C20H20FN3OS. The molecule has 0 saturated heterocycles. The number of aromatic nitrogens is 2. The number of anilines is 1. The Balaban J connectivity index is 1.68. The van der Waals surface area contributed by atoms with Crippen LogP contribution in [-0.2, 0) is 4.79 Å². The van der Waals surface area contributed by atoms with Crippen LogP contribution in [0.1, 0.15) is 16.7 Å². The van der Waals surface area contributed by atoms with Gasteiger partial charge in [0.05, 0.1) is 5.75 Å². The Bertz CT molecular complexity index is 911. The van der Waals surface area contributed by atoms with Crippen molar-refractivity contribution < 1.29 is 9.18 Å². The van der Waals surface area contributed by atoms with Gasteiger partial charge in [0.25, 0.3) is 0 Å². The molecule has 26 heavy (non-hydrogen) atoms. The van der Waals surface area contributed by atoms with E-state index in [-0.39, 0.29) is 17.5 Å². The van der Waals surface area contributed by atoms with Gasteiger partial charge in [0.2, 0.25) is 5.91 Å². The zero-order chi connectivity index (χ0) is 18.7. The highest BCUT2D eigenvalue weighted by Crippen LogP contribution is 2.24. The molecule has 0 radical (unpaired) electrons. The van der Waals surface area contributed by atoms with Gasteiger partial charge in [0, 0.05) is 23.8 Å². The minimum absolute atomic E-state index is 0.0845. The number of halogens is 1. The summed E-state index contributed by atoms with van der Waals surface area (Å²) in [5, 5.41) is 3.67. The molecule has 0 fully saturated rings. The number of nitrogens with one attached hydrogen (secondary N) is 1. The summed E-state index contributed by atoms with van der Waals surface area (Å²) >= 11 is 1.34. The van der Waals surface area contributed by atoms with Gasteiger partial charge in [0.15, 0.2) is 5.16 Å². The van der Waals surface area contributed by atoms with Crippen molar-refractivity contribution in [1.82, 2.24) is 9.55 Å². The quantitative estimate of drug-likeness (QED) is 0.665. The topological polar surface area (TPSA) is 46.9 Å². The molecule has 3 rings (SSSR count). The highest BCUT2D eigenvalue weighted by Gasteiger charge is 2.12. The van der Waals surface area contributed by atoms with Crippen LogP contribution in [0.4, 0.5) is 10.1 Å². The molecule has 0 unspecified atom stereocenters. The van der Waals surface area contributed by atoms with Crippen molar-refractivity contribution in [3.05, 3.63) is 71.3 Å². The number of hydrogen-bond donors (Lipinski definition) is 1. The van der Waals surface area contributed by atoms with Crippen LogP contribution in [0, 0.1) is 26.6 Å². The molecule has 1 N–H and O–H groups in total. The summed E-state index contributed by atoms with van der Waals surface area (Å²) in [4.78, 5) is 16.7. The first-order chi connectivity index (χ1) is 12.4. The van der Waals surface area contributed by atoms with Crippen LogP contribution in [0.15, 0.2) is 53.9 Å². The van der Waals surface area contributed by atoms with Gasteiger partial charge < -0.3 is 5.32 Å². The molecule has 0 bridgehead atoms. The molecule has 1 heterocycles. The van der Waals surface area contributed by atoms with Gasteiger partial charge >= 0.3 is 0 Å². The first-order valence-electron chi connectivity index (χ1n) is 8.24. The molecule has 4 nitrogen and oxygen atoms in total. The minimum atomic E-state index is -0.286. The molecule has 6 heteroatoms. The molecule has 0 aliphatic rings. The standard InChI is InChI=1S/C20H20FN3OS/c1-13-10-14(2)19(15(3)11-13)23-18(25)12-26-20-22-8-9-24(20)17-6-4-16(21)5-7-17/h4-11H,12H2,1-3H3,(H,23,25). The van der Waals surface area contributed by atoms with E-state index in [2.05, 4.69) is 22.4 Å². The normalized spacial score (nSPS) is 10.8. The third-order valence-corrected chi connectivity index (χ3v) is 4.95. The van der Waals surface area contributed by atoms with Crippen LogP contribution in [0.5, 0.6) is 0 Å². The Kier molecular flexibility index (Phi) is 5.42. The summed E-state index contributed by atoms with van der Waals surface area (Å²) in [5.74, 6) is -0.129. The average Bonchev–Trinajstić information content (AvgIpc) is 3.05. The lowest BCUT2D eigenvalue weighted by Crippen LogP contribution is -2.16. The predicted molar refractivity (Wildman–Crippen MR) is 104 cm³/mol. The second kappa shape index (κ2) is 7.74. The molecule has 3 aromatic rings. The lowest BCUT2D eigenvalue weighted by Gasteiger charge is -2.13. The lowest BCUT2D eigenvalue weighted by atomic mass is 10.1. The van der Waals surface area contributed by atoms with Crippen LogP contribution in [0.3, 0.4) is 0 Å². The fourth-order valence-corrected chi connectivity index (χ4v) is 3.65. The highest BCUT2D eigenvalue weighted by molar-refractivity contribution is 7.99. The van der Waals surface area contributed by atoms with Crippen LogP contribution >= 0.6 is 11.8 Å². The largest absolute Gasteiger partial charge is 0.325 e. The molecule has 0 spiro atoms. The Hall–Kier alpha value is -2.60. The number of aryl methyl sites for hydroxylation is 3. The smallest absolute Gasteiger partial charge is 0.234 e. The number of carbonyl (C=O) groups excluding carboxylic acids is 1. The monoisotopic (exact) mass is 369 g/mol. The summed E-state index contributed by atoms with van der Waals surface area (Å²) < 4.78 is 14.9. The number of imidazole rings is 1. The van der Waals surface area contributed by atoms with Gasteiger partial charge in [-0.1, -0.05) is 29.5 Å². The van der Waals surface area contributed by atoms with E-state index in [1.165, 1.54) is 29.5 Å². The van der Waals surface area contributed by atoms with Crippen molar-refractivity contribution in [2.75, 3.05) is 11.1 Å². The molecule has 1 amide bonds. The van der Waals surface area contributed by atoms with Crippen LogP contribution in [-0.4, -0.2) is 21.2 Å². The van der Waals surface area contributed by atoms with Gasteiger partial charge in [-0.2, -0.15) is 0 Å². The minimum Gasteiger partial charge on any atom is -0.325 e. The Morgan fingerprint density at radius 1 is 1.15 bits per heavy atom. The van der Waals surface area contributed by atoms with Gasteiger partial charge in [-0.15, -0.1) is 0 Å². The van der Waals surface area contributed by atoms with Crippen molar-refractivity contribution in [3.8, 4) is 5.69 Å². The molecule has 0 atom stereocenters. The summed E-state index contributed by atoms with van der Waals surface area (Å²) in [6, 6.07) is 10.3. The maximum atomic E-state index is 13.1. The second-order valence-corrected chi connectivity index (χ2v) is 7.11. The third-order valence-electron chi connectivity index (χ3n) is 3.99. The molecule has 2 aromatic carbocycles. The Morgan fingerprint density at radius 2 is 1.81 bits per heavy atom. The molecular weight excluding hydrogens is 349 g/mol. The van der Waals surface area contributed by atoms with E-state index in [0.717, 1.165) is 22.5 Å². The average molecular weight is 369 g/mol. The number of thioether (sulfide) groups is 1. The van der Waals surface area contributed by atoms with Gasteiger partial charge in [0.1, 0.15) is 5.82 Å². The number of amides is 1. The van der Waals surface area contributed by atoms with Crippen LogP contribution in [0.2, 0.25) is 0 Å². The molecule has 134 valence electrons. The summed E-state index contributed by atoms with van der Waals surface area (Å²) in [5.41, 5.74) is 4.94. The lowest BCUT2D eigenvalue weighted by molar-refractivity contribution is -0.113. The van der Waals surface area contributed by atoms with Crippen molar-refractivity contribution >= 4 is 23.4 Å².